The summed E-state index contributed by atoms with van der Waals surface area (Å²) in [5.74, 6) is 0.301. The maximum Gasteiger partial charge on any atom is 0.227 e. The molecule has 3 heteroatoms. The lowest BCUT2D eigenvalue weighted by molar-refractivity contribution is -0.131. The zero-order valence-corrected chi connectivity index (χ0v) is 12.3. The maximum atomic E-state index is 12.6. The fourth-order valence-electron chi connectivity index (χ4n) is 3.63. The van der Waals surface area contributed by atoms with E-state index in [9.17, 15) is 4.79 Å². The van der Waals surface area contributed by atoms with Crippen molar-refractivity contribution in [1.29, 1.82) is 0 Å². The Balaban J connectivity index is 1.68. The van der Waals surface area contributed by atoms with E-state index in [1.54, 1.807) is 0 Å². The highest BCUT2D eigenvalue weighted by Gasteiger charge is 2.35. The van der Waals surface area contributed by atoms with Crippen LogP contribution in [0.25, 0.3) is 0 Å². The molecule has 0 aliphatic carbocycles. The van der Waals surface area contributed by atoms with Crippen LogP contribution in [0.5, 0.6) is 0 Å². The molecule has 108 valence electrons. The monoisotopic (exact) mass is 272 g/mol. The molecule has 0 spiro atoms. The number of hydrogen-bond acceptors (Lipinski definition) is 2. The van der Waals surface area contributed by atoms with Crippen LogP contribution < -0.4 is 5.32 Å². The Morgan fingerprint density at radius 2 is 2.15 bits per heavy atom. The predicted octanol–water partition coefficient (Wildman–Crippen LogP) is 2.28. The first-order chi connectivity index (χ1) is 9.75. The third-order valence-electron chi connectivity index (χ3n) is 4.79. The van der Waals surface area contributed by atoms with Crippen molar-refractivity contribution in [2.45, 2.75) is 51.1 Å². The molecule has 3 nitrogen and oxygen atoms in total. The van der Waals surface area contributed by atoms with Crippen molar-refractivity contribution in [3.63, 3.8) is 0 Å². The molecule has 1 aromatic rings. The molecule has 1 N–H and O–H groups in total. The smallest absolute Gasteiger partial charge is 0.227 e. The number of aryl methyl sites for hydroxylation is 1. The minimum atomic E-state index is 0.301. The molecule has 2 saturated heterocycles. The first-order valence-corrected chi connectivity index (χ1v) is 7.83. The van der Waals surface area contributed by atoms with Crippen LogP contribution in [-0.4, -0.2) is 36.0 Å². The van der Waals surface area contributed by atoms with Gasteiger partial charge in [-0.15, -0.1) is 0 Å². The second-order valence-corrected chi connectivity index (χ2v) is 6.10. The standard InChI is InChI=1S/C17H24N2O/c1-13-6-2-3-7-14(13)12-17(20)19-11-5-9-16(19)15-8-4-10-18-15/h2-3,6-7,15-16,18H,4-5,8-12H2,1H3. The van der Waals surface area contributed by atoms with Crippen LogP contribution in [0, 0.1) is 6.92 Å². The average molecular weight is 272 g/mol. The minimum Gasteiger partial charge on any atom is -0.338 e. The molecular weight excluding hydrogens is 248 g/mol. The lowest BCUT2D eigenvalue weighted by Gasteiger charge is -2.29. The average Bonchev–Trinajstić information content (AvgIpc) is 3.11. The van der Waals surface area contributed by atoms with E-state index in [1.807, 2.05) is 12.1 Å². The summed E-state index contributed by atoms with van der Waals surface area (Å²) >= 11 is 0. The van der Waals surface area contributed by atoms with Crippen molar-refractivity contribution < 1.29 is 4.79 Å². The van der Waals surface area contributed by atoms with Gasteiger partial charge in [-0.1, -0.05) is 24.3 Å². The summed E-state index contributed by atoms with van der Waals surface area (Å²) in [6, 6.07) is 9.17. The molecular formula is C17H24N2O. The maximum absolute atomic E-state index is 12.6. The molecule has 0 aromatic heterocycles. The molecule has 20 heavy (non-hydrogen) atoms. The Morgan fingerprint density at radius 1 is 1.30 bits per heavy atom. The van der Waals surface area contributed by atoms with E-state index in [4.69, 9.17) is 0 Å². The molecule has 2 heterocycles. The zero-order valence-electron chi connectivity index (χ0n) is 12.3. The van der Waals surface area contributed by atoms with Gasteiger partial charge in [0.2, 0.25) is 5.91 Å². The minimum absolute atomic E-state index is 0.301. The van der Waals surface area contributed by atoms with Crippen molar-refractivity contribution in [2.75, 3.05) is 13.1 Å². The molecule has 1 amide bonds. The first kappa shape index (κ1) is 13.6. The Hall–Kier alpha value is -1.35. The van der Waals surface area contributed by atoms with Crippen molar-refractivity contribution in [3.05, 3.63) is 35.4 Å². The molecule has 2 fully saturated rings. The van der Waals surface area contributed by atoms with E-state index in [0.29, 0.717) is 24.4 Å². The number of nitrogens with zero attached hydrogens (tertiary/aromatic N) is 1. The lowest BCUT2D eigenvalue weighted by atomic mass is 10.0. The van der Waals surface area contributed by atoms with Crippen LogP contribution in [0.4, 0.5) is 0 Å². The van der Waals surface area contributed by atoms with Crippen molar-refractivity contribution in [2.24, 2.45) is 0 Å². The third kappa shape index (κ3) is 2.73. The Labute approximate surface area is 121 Å². The lowest BCUT2D eigenvalue weighted by Crippen LogP contribution is -2.47. The van der Waals surface area contributed by atoms with Gasteiger partial charge in [-0.2, -0.15) is 0 Å². The van der Waals surface area contributed by atoms with E-state index in [1.165, 1.54) is 24.0 Å². The van der Waals surface area contributed by atoms with E-state index in [2.05, 4.69) is 29.3 Å². The summed E-state index contributed by atoms with van der Waals surface area (Å²) in [7, 11) is 0. The fraction of sp³-hybridized carbons (Fsp3) is 0.588. The van der Waals surface area contributed by atoms with Gasteiger partial charge in [0, 0.05) is 18.6 Å². The van der Waals surface area contributed by atoms with Gasteiger partial charge in [0.05, 0.1) is 6.42 Å². The van der Waals surface area contributed by atoms with Crippen LogP contribution in [0.2, 0.25) is 0 Å². The second kappa shape index (κ2) is 5.96. The number of likely N-dealkylation sites (tertiary alicyclic amines) is 1. The van der Waals surface area contributed by atoms with Gasteiger partial charge >= 0.3 is 0 Å². The van der Waals surface area contributed by atoms with Gasteiger partial charge in [0.1, 0.15) is 0 Å². The number of amides is 1. The van der Waals surface area contributed by atoms with E-state index >= 15 is 0 Å². The van der Waals surface area contributed by atoms with Crippen molar-refractivity contribution >= 4 is 5.91 Å². The molecule has 3 rings (SSSR count). The van der Waals surface area contributed by atoms with Crippen LogP contribution in [0.3, 0.4) is 0 Å². The summed E-state index contributed by atoms with van der Waals surface area (Å²) < 4.78 is 0. The summed E-state index contributed by atoms with van der Waals surface area (Å²) in [5.41, 5.74) is 2.39. The summed E-state index contributed by atoms with van der Waals surface area (Å²) in [5, 5.41) is 3.56. The number of hydrogen-bond donors (Lipinski definition) is 1. The van der Waals surface area contributed by atoms with E-state index in [0.717, 1.165) is 25.9 Å². The van der Waals surface area contributed by atoms with Gasteiger partial charge < -0.3 is 10.2 Å². The van der Waals surface area contributed by atoms with Crippen molar-refractivity contribution in [3.8, 4) is 0 Å². The molecule has 1 aromatic carbocycles. The topological polar surface area (TPSA) is 32.3 Å². The zero-order chi connectivity index (χ0) is 13.9. The predicted molar refractivity (Wildman–Crippen MR) is 80.6 cm³/mol. The Kier molecular flexibility index (Phi) is 4.06. The summed E-state index contributed by atoms with van der Waals surface area (Å²) in [6.45, 7) is 4.14. The molecule has 2 unspecified atom stereocenters. The fourth-order valence-corrected chi connectivity index (χ4v) is 3.63. The Bertz CT molecular complexity index is 480. The van der Waals surface area contributed by atoms with E-state index in [-0.39, 0.29) is 0 Å². The number of rotatable bonds is 3. The molecule has 0 bridgehead atoms. The van der Waals surface area contributed by atoms with Crippen molar-refractivity contribution in [1.82, 2.24) is 10.2 Å². The molecule has 0 saturated carbocycles. The number of nitrogens with one attached hydrogen (secondary N) is 1. The summed E-state index contributed by atoms with van der Waals surface area (Å²) in [6.07, 6.45) is 5.34. The molecule has 0 radical (unpaired) electrons. The molecule has 2 aliphatic rings. The molecule has 2 atom stereocenters. The van der Waals surface area contributed by atoms with Crippen LogP contribution >= 0.6 is 0 Å². The normalized spacial score (nSPS) is 26.1. The highest BCUT2D eigenvalue weighted by Crippen LogP contribution is 2.25. The van der Waals surface area contributed by atoms with Gasteiger partial charge in [-0.05, 0) is 50.3 Å². The highest BCUT2D eigenvalue weighted by atomic mass is 16.2. The highest BCUT2D eigenvalue weighted by molar-refractivity contribution is 5.79. The Morgan fingerprint density at radius 3 is 2.90 bits per heavy atom. The molecule has 2 aliphatic heterocycles. The SMILES string of the molecule is Cc1ccccc1CC(=O)N1CCCC1C1CCCN1. The van der Waals surface area contributed by atoms with Crippen LogP contribution in [0.15, 0.2) is 24.3 Å². The third-order valence-corrected chi connectivity index (χ3v) is 4.79. The van der Waals surface area contributed by atoms with Crippen LogP contribution in [0.1, 0.15) is 36.8 Å². The van der Waals surface area contributed by atoms with Crippen LogP contribution in [-0.2, 0) is 11.2 Å². The van der Waals surface area contributed by atoms with Gasteiger partial charge in [0.15, 0.2) is 0 Å². The quantitative estimate of drug-likeness (QED) is 0.915. The number of benzene rings is 1. The number of carbonyl (C=O) groups excluding carboxylic acids is 1. The van der Waals surface area contributed by atoms with Gasteiger partial charge in [0.25, 0.3) is 0 Å². The largest absolute Gasteiger partial charge is 0.338 e. The van der Waals surface area contributed by atoms with Gasteiger partial charge in [-0.3, -0.25) is 4.79 Å². The second-order valence-electron chi connectivity index (χ2n) is 6.10. The summed E-state index contributed by atoms with van der Waals surface area (Å²) in [4.78, 5) is 14.8. The number of carbonyl (C=O) groups is 1. The van der Waals surface area contributed by atoms with Gasteiger partial charge in [-0.25, -0.2) is 0 Å². The first-order valence-electron chi connectivity index (χ1n) is 7.83. The van der Waals surface area contributed by atoms with E-state index < -0.39 is 0 Å².